The zero-order valence-electron chi connectivity index (χ0n) is 25.1. The molecule has 1 saturated heterocycles. The van der Waals surface area contributed by atoms with Crippen molar-refractivity contribution in [1.29, 1.82) is 0 Å². The maximum absolute atomic E-state index is 13.3. The van der Waals surface area contributed by atoms with Gasteiger partial charge in [0.2, 0.25) is 5.91 Å². The molecule has 228 valence electrons. The van der Waals surface area contributed by atoms with Gasteiger partial charge in [0.15, 0.2) is 6.73 Å². The van der Waals surface area contributed by atoms with Gasteiger partial charge in [-0.2, -0.15) is 4.91 Å². The lowest BCUT2D eigenvalue weighted by atomic mass is 9.86. The monoisotopic (exact) mass is 587 g/mol. The summed E-state index contributed by atoms with van der Waals surface area (Å²) < 4.78 is 12.3. The molecule has 2 aliphatic heterocycles. The molecule has 8 nitrogen and oxygen atoms in total. The second-order valence-corrected chi connectivity index (χ2v) is 13.0. The zero-order valence-corrected chi connectivity index (χ0v) is 25.9. The lowest BCUT2D eigenvalue weighted by Gasteiger charge is -2.37. The molecule has 9 heteroatoms. The van der Waals surface area contributed by atoms with Gasteiger partial charge in [0, 0.05) is 37.2 Å². The van der Waals surface area contributed by atoms with E-state index in [-0.39, 0.29) is 31.6 Å². The number of aliphatic hydroxyl groups is 1. The van der Waals surface area contributed by atoms with Crippen molar-refractivity contribution in [3.63, 3.8) is 0 Å². The Labute approximate surface area is 250 Å². The Morgan fingerprint density at radius 1 is 1.22 bits per heavy atom. The quantitative estimate of drug-likeness (QED) is 0.212. The largest absolute Gasteiger partial charge is 0.473 e. The summed E-state index contributed by atoms with van der Waals surface area (Å²) in [4.78, 5) is 30.6. The number of nitrogens with zero attached hydrogens (tertiary/aromatic N) is 3. The smallest absolute Gasteiger partial charge is 0.227 e. The molecule has 0 aromatic heterocycles. The minimum atomic E-state index is -0.480. The van der Waals surface area contributed by atoms with Gasteiger partial charge in [-0.15, -0.1) is 11.8 Å². The highest BCUT2D eigenvalue weighted by Crippen LogP contribution is 2.34. The maximum atomic E-state index is 13.3. The van der Waals surface area contributed by atoms with Crippen molar-refractivity contribution in [2.24, 2.45) is 11.1 Å². The molecule has 0 saturated carbocycles. The normalized spacial score (nSPS) is 26.0. The fourth-order valence-corrected chi connectivity index (χ4v) is 7.47. The van der Waals surface area contributed by atoms with Gasteiger partial charge in [-0.25, -0.2) is 0 Å². The Kier molecular flexibility index (Phi) is 12.5. The van der Waals surface area contributed by atoms with E-state index in [9.17, 15) is 14.8 Å². The van der Waals surface area contributed by atoms with E-state index in [0.717, 1.165) is 57.4 Å². The van der Waals surface area contributed by atoms with Crippen LogP contribution in [0.1, 0.15) is 76.8 Å². The summed E-state index contributed by atoms with van der Waals surface area (Å²) in [6, 6.07) is 6.43. The number of hydrogen-bond donors (Lipinski definition) is 1. The molecule has 5 atom stereocenters. The molecule has 41 heavy (non-hydrogen) atoms. The molecule has 3 unspecified atom stereocenters. The zero-order chi connectivity index (χ0) is 29.2. The van der Waals surface area contributed by atoms with Gasteiger partial charge in [0.05, 0.1) is 31.3 Å². The number of aliphatic hydroxyl groups excluding tert-OH is 1. The lowest BCUT2D eigenvalue weighted by molar-refractivity contribution is -0.146. The number of amides is 1. The molecule has 1 N–H and O–H groups in total. The third-order valence-electron chi connectivity index (χ3n) is 8.87. The van der Waals surface area contributed by atoms with E-state index in [1.807, 2.05) is 31.7 Å². The van der Waals surface area contributed by atoms with E-state index in [2.05, 4.69) is 35.2 Å². The number of allylic oxidation sites excluding steroid dienone is 1. The lowest BCUT2D eigenvalue weighted by Crippen LogP contribution is -2.46. The van der Waals surface area contributed by atoms with Crippen molar-refractivity contribution in [3.05, 3.63) is 45.2 Å². The molecule has 1 amide bonds. The van der Waals surface area contributed by atoms with Gasteiger partial charge < -0.3 is 19.5 Å². The van der Waals surface area contributed by atoms with E-state index in [0.29, 0.717) is 19.0 Å². The van der Waals surface area contributed by atoms with Crippen LogP contribution in [0.3, 0.4) is 0 Å². The molecule has 1 aliphatic carbocycles. The molecule has 2 heterocycles. The summed E-state index contributed by atoms with van der Waals surface area (Å²) >= 11 is 2.02. The highest BCUT2D eigenvalue weighted by molar-refractivity contribution is 8.03. The van der Waals surface area contributed by atoms with E-state index in [1.54, 1.807) is 9.81 Å². The van der Waals surface area contributed by atoms with Crippen LogP contribution in [0.5, 0.6) is 5.75 Å². The van der Waals surface area contributed by atoms with Crippen molar-refractivity contribution in [2.45, 2.75) is 103 Å². The fourth-order valence-electron chi connectivity index (χ4n) is 6.50. The summed E-state index contributed by atoms with van der Waals surface area (Å²) in [6.07, 6.45) is 9.52. The van der Waals surface area contributed by atoms with Gasteiger partial charge in [-0.3, -0.25) is 9.69 Å². The van der Waals surface area contributed by atoms with Crippen LogP contribution in [0, 0.1) is 10.8 Å². The summed E-state index contributed by atoms with van der Waals surface area (Å²) in [7, 11) is 0. The number of carbonyl (C=O) groups excluding carboxylic acids is 1. The van der Waals surface area contributed by atoms with Gasteiger partial charge >= 0.3 is 0 Å². The van der Waals surface area contributed by atoms with Crippen LogP contribution in [0.4, 0.5) is 0 Å². The van der Waals surface area contributed by atoms with E-state index in [1.165, 1.54) is 23.3 Å². The number of benzene rings is 1. The minimum absolute atomic E-state index is 0.0663. The first kappa shape index (κ1) is 32.0. The van der Waals surface area contributed by atoms with Crippen molar-refractivity contribution >= 4 is 17.7 Å². The first-order chi connectivity index (χ1) is 20.0. The van der Waals surface area contributed by atoms with Crippen molar-refractivity contribution < 1.29 is 19.4 Å². The fraction of sp³-hybridized carbons (Fsp3) is 0.719. The Hall–Kier alpha value is -1.94. The number of fused-ring (bicyclic) bond motifs is 1. The topological polar surface area (TPSA) is 91.7 Å². The highest BCUT2D eigenvalue weighted by Gasteiger charge is 2.38. The molecular formula is C32H49N3O5S. The highest BCUT2D eigenvalue weighted by atomic mass is 32.2. The Bertz CT molecular complexity index is 1040. The van der Waals surface area contributed by atoms with Crippen LogP contribution < -0.4 is 4.74 Å². The molecule has 1 aromatic carbocycles. The standard InChI is InChI=1S/C32H49N3O5S/c1-4-14-34(16-13-27-9-7-17-41-27)25-11-12-28-24(18-25)8-6-10-30(28)39-22-35(15-5-2)32(37)20-26-19-29(33-38)23(3)31(21-36)40-26/h6,8-10,23,25-26,29,31,36H,4-5,7,11-22H2,1-3H3/t23-,25-,26?,29?,31?/m0/s1. The van der Waals surface area contributed by atoms with E-state index < -0.39 is 18.2 Å². The first-order valence-electron chi connectivity index (χ1n) is 15.6. The summed E-state index contributed by atoms with van der Waals surface area (Å²) in [5.41, 5.74) is 2.63. The molecule has 3 aliphatic rings. The van der Waals surface area contributed by atoms with Crippen LogP contribution >= 0.6 is 11.8 Å². The summed E-state index contributed by atoms with van der Waals surface area (Å²) in [6.45, 7) is 9.01. The summed E-state index contributed by atoms with van der Waals surface area (Å²) in [5, 5.41) is 12.9. The Balaban J connectivity index is 1.35. The maximum Gasteiger partial charge on any atom is 0.227 e. The van der Waals surface area contributed by atoms with Gasteiger partial charge in [0.1, 0.15) is 5.75 Å². The molecule has 0 spiro atoms. The Morgan fingerprint density at radius 3 is 2.76 bits per heavy atom. The number of rotatable bonds is 15. The van der Waals surface area contributed by atoms with Gasteiger partial charge in [-0.1, -0.05) is 44.2 Å². The average molecular weight is 588 g/mol. The van der Waals surface area contributed by atoms with Crippen LogP contribution in [0.15, 0.2) is 34.4 Å². The van der Waals surface area contributed by atoms with E-state index in [4.69, 9.17) is 9.47 Å². The van der Waals surface area contributed by atoms with Gasteiger partial charge in [-0.05, 0) is 73.6 Å². The SMILES string of the molecule is CCCN(COc1cccc2c1CC[C@H](N(CCC)CCC1=CCCS1)C2)C(=O)CC1CC(N=O)[C@H](C)C(CO)O1. The number of ether oxygens (including phenoxy) is 2. The Morgan fingerprint density at radius 2 is 2.05 bits per heavy atom. The van der Waals surface area contributed by atoms with Crippen LogP contribution in [-0.2, 0) is 22.4 Å². The molecule has 1 fully saturated rings. The minimum Gasteiger partial charge on any atom is -0.473 e. The van der Waals surface area contributed by atoms with Crippen LogP contribution in [0.2, 0.25) is 0 Å². The second-order valence-electron chi connectivity index (χ2n) is 11.8. The van der Waals surface area contributed by atoms with Crippen molar-refractivity contribution in [2.75, 3.05) is 38.7 Å². The van der Waals surface area contributed by atoms with Crippen LogP contribution in [0.25, 0.3) is 0 Å². The number of thioether (sulfide) groups is 1. The predicted molar refractivity (Wildman–Crippen MR) is 165 cm³/mol. The predicted octanol–water partition coefficient (Wildman–Crippen LogP) is 5.55. The molecular weight excluding hydrogens is 538 g/mol. The number of nitroso groups, excluding NO2 is 1. The molecule has 0 radical (unpaired) electrons. The molecule has 4 rings (SSSR count). The average Bonchev–Trinajstić information content (AvgIpc) is 3.51. The second kappa shape index (κ2) is 16.1. The molecule has 0 bridgehead atoms. The van der Waals surface area contributed by atoms with E-state index >= 15 is 0 Å². The third kappa shape index (κ3) is 8.55. The van der Waals surface area contributed by atoms with Crippen LogP contribution in [-0.4, -0.2) is 83.8 Å². The van der Waals surface area contributed by atoms with Crippen molar-refractivity contribution in [1.82, 2.24) is 9.80 Å². The summed E-state index contributed by atoms with van der Waals surface area (Å²) in [5.74, 6) is 1.88. The third-order valence-corrected chi connectivity index (χ3v) is 10.0. The number of hydrogen-bond acceptors (Lipinski definition) is 8. The van der Waals surface area contributed by atoms with Crippen molar-refractivity contribution in [3.8, 4) is 5.75 Å². The van der Waals surface area contributed by atoms with Gasteiger partial charge in [0.25, 0.3) is 0 Å². The molecule has 1 aromatic rings. The first-order valence-corrected chi connectivity index (χ1v) is 16.6. The number of carbonyl (C=O) groups is 1.